The first-order valence-electron chi connectivity index (χ1n) is 10.0. The number of amides is 1. The number of nitro groups is 1. The Morgan fingerprint density at radius 1 is 1.24 bits per heavy atom. The quantitative estimate of drug-likeness (QED) is 0.215. The molecule has 0 saturated heterocycles. The first kappa shape index (κ1) is 23.5. The second-order valence-corrected chi connectivity index (χ2v) is 8.68. The van der Waals surface area contributed by atoms with Gasteiger partial charge in [-0.3, -0.25) is 19.6 Å². The third kappa shape index (κ3) is 5.64. The second kappa shape index (κ2) is 10.1. The molecule has 0 bridgehead atoms. The van der Waals surface area contributed by atoms with Crippen molar-refractivity contribution < 1.29 is 18.9 Å². The predicted molar refractivity (Wildman–Crippen MR) is 129 cm³/mol. The van der Waals surface area contributed by atoms with Crippen LogP contribution in [0.15, 0.2) is 69.7 Å². The van der Waals surface area contributed by atoms with Crippen molar-refractivity contribution in [3.05, 3.63) is 103 Å². The maximum Gasteiger partial charge on any atom is 0.311 e. The second-order valence-electron chi connectivity index (χ2n) is 7.39. The van der Waals surface area contributed by atoms with E-state index in [1.807, 2.05) is 12.1 Å². The number of nitrogens with one attached hydrogen (secondary N) is 1. The number of ether oxygens (including phenoxy) is 1. The van der Waals surface area contributed by atoms with E-state index in [4.69, 9.17) is 20.8 Å². The highest BCUT2D eigenvalue weighted by Crippen LogP contribution is 2.29. The average Bonchev–Trinajstić information content (AvgIpc) is 3.41. The number of hydrogen-bond acceptors (Lipinski definition) is 6. The normalized spacial score (nSPS) is 10.8. The van der Waals surface area contributed by atoms with E-state index >= 15 is 0 Å². The predicted octanol–water partition coefficient (Wildman–Crippen LogP) is 5.99. The summed E-state index contributed by atoms with van der Waals surface area (Å²) in [7, 11) is 0. The molecular weight excluding hydrogens is 528 g/mol. The Balaban J connectivity index is 1.39. The number of aromatic nitrogens is 2. The van der Waals surface area contributed by atoms with E-state index in [0.717, 1.165) is 11.1 Å². The minimum absolute atomic E-state index is 0.0520. The van der Waals surface area contributed by atoms with Crippen molar-refractivity contribution in [1.82, 2.24) is 9.78 Å². The summed E-state index contributed by atoms with van der Waals surface area (Å²) in [5.74, 6) is 0.352. The average molecular weight is 546 g/mol. The highest BCUT2D eigenvalue weighted by molar-refractivity contribution is 9.10. The minimum Gasteiger partial charge on any atom is -0.479 e. The molecule has 2 aromatic heterocycles. The van der Waals surface area contributed by atoms with Crippen LogP contribution < -0.4 is 10.1 Å². The smallest absolute Gasteiger partial charge is 0.311 e. The molecule has 0 unspecified atom stereocenters. The zero-order valence-corrected chi connectivity index (χ0v) is 20.2. The molecule has 0 radical (unpaired) electrons. The molecule has 1 N–H and O–H groups in total. The zero-order valence-electron chi connectivity index (χ0n) is 17.8. The van der Waals surface area contributed by atoms with E-state index in [1.165, 1.54) is 18.2 Å². The molecule has 0 aliphatic heterocycles. The van der Waals surface area contributed by atoms with Crippen LogP contribution in [0.1, 0.15) is 27.4 Å². The van der Waals surface area contributed by atoms with Gasteiger partial charge in [-0.25, -0.2) is 0 Å². The summed E-state index contributed by atoms with van der Waals surface area (Å²) in [6.45, 7) is 2.18. The number of nitro benzene ring substituents is 1. The Labute approximate surface area is 207 Å². The van der Waals surface area contributed by atoms with E-state index in [-0.39, 0.29) is 23.8 Å². The Morgan fingerprint density at radius 2 is 2.00 bits per heavy atom. The summed E-state index contributed by atoms with van der Waals surface area (Å²) in [4.78, 5) is 23.3. The van der Waals surface area contributed by atoms with Crippen molar-refractivity contribution in [3.63, 3.8) is 0 Å². The molecule has 0 aliphatic rings. The van der Waals surface area contributed by atoms with Crippen LogP contribution >= 0.6 is 27.5 Å². The third-order valence-corrected chi connectivity index (χ3v) is 5.61. The summed E-state index contributed by atoms with van der Waals surface area (Å²) in [6, 6.07) is 15.1. The molecule has 34 heavy (non-hydrogen) atoms. The number of rotatable bonds is 8. The summed E-state index contributed by atoms with van der Waals surface area (Å²) in [5.41, 5.74) is 1.61. The fourth-order valence-electron chi connectivity index (χ4n) is 3.13. The Kier molecular flexibility index (Phi) is 6.99. The first-order chi connectivity index (χ1) is 16.3. The number of carbonyl (C=O) groups is 1. The van der Waals surface area contributed by atoms with Gasteiger partial charge in [0.05, 0.1) is 15.9 Å². The summed E-state index contributed by atoms with van der Waals surface area (Å²) in [6.07, 6.45) is 1.75. The molecule has 174 valence electrons. The fraction of sp³-hybridized carbons (Fsp3) is 0.130. The molecule has 0 aliphatic carbocycles. The topological polar surface area (TPSA) is 112 Å². The molecule has 0 saturated carbocycles. The molecule has 1 amide bonds. The van der Waals surface area contributed by atoms with Gasteiger partial charge in [0.15, 0.2) is 17.3 Å². The molecule has 0 spiro atoms. The van der Waals surface area contributed by atoms with Crippen LogP contribution in [0.5, 0.6) is 5.75 Å². The van der Waals surface area contributed by atoms with Crippen LogP contribution in [-0.4, -0.2) is 20.6 Å². The summed E-state index contributed by atoms with van der Waals surface area (Å²) >= 11 is 9.31. The monoisotopic (exact) mass is 544 g/mol. The summed E-state index contributed by atoms with van der Waals surface area (Å²) < 4.78 is 13.4. The number of benzene rings is 2. The standard InChI is InChI=1S/C23H18BrClN4O5/c1-14-2-8-20(19(10-14)29(31)32)33-13-17-7-9-21(34-17)23(30)26-22-18(24)12-28(27-22)11-15-3-5-16(25)6-4-15/h2-10,12H,11,13H2,1H3,(H,26,27,30). The van der Waals surface area contributed by atoms with Gasteiger partial charge in [-0.15, -0.1) is 0 Å². The van der Waals surface area contributed by atoms with Crippen molar-refractivity contribution >= 4 is 44.9 Å². The first-order valence-corrected chi connectivity index (χ1v) is 11.2. The van der Waals surface area contributed by atoms with Crippen molar-refractivity contribution in [3.8, 4) is 5.75 Å². The van der Waals surface area contributed by atoms with Crippen LogP contribution in [-0.2, 0) is 13.2 Å². The van der Waals surface area contributed by atoms with E-state index in [2.05, 4.69) is 26.3 Å². The number of hydrogen-bond donors (Lipinski definition) is 1. The van der Waals surface area contributed by atoms with Crippen molar-refractivity contribution in [2.24, 2.45) is 0 Å². The van der Waals surface area contributed by atoms with Crippen LogP contribution in [0.25, 0.3) is 0 Å². The number of halogens is 2. The Bertz CT molecular complexity index is 1350. The SMILES string of the molecule is Cc1ccc(OCc2ccc(C(=O)Nc3nn(Cc4ccc(Cl)cc4)cc3Br)o2)c([N+](=O)[O-])c1. The van der Waals surface area contributed by atoms with Crippen molar-refractivity contribution in [2.45, 2.75) is 20.1 Å². The van der Waals surface area contributed by atoms with Crippen LogP contribution in [0.2, 0.25) is 5.02 Å². The van der Waals surface area contributed by atoms with Gasteiger partial charge < -0.3 is 14.5 Å². The maximum atomic E-state index is 12.6. The lowest BCUT2D eigenvalue weighted by atomic mass is 10.2. The van der Waals surface area contributed by atoms with Gasteiger partial charge in [0.25, 0.3) is 5.91 Å². The van der Waals surface area contributed by atoms with Gasteiger partial charge in [-0.2, -0.15) is 5.10 Å². The molecule has 2 aromatic carbocycles. The number of anilines is 1. The van der Waals surface area contributed by atoms with Crippen LogP contribution in [0.4, 0.5) is 11.5 Å². The van der Waals surface area contributed by atoms with Gasteiger partial charge in [0.2, 0.25) is 0 Å². The Morgan fingerprint density at radius 3 is 2.74 bits per heavy atom. The van der Waals surface area contributed by atoms with E-state index < -0.39 is 10.8 Å². The molecule has 0 fully saturated rings. The van der Waals surface area contributed by atoms with E-state index in [0.29, 0.717) is 27.6 Å². The van der Waals surface area contributed by atoms with Crippen LogP contribution in [0, 0.1) is 17.0 Å². The maximum absolute atomic E-state index is 12.6. The molecule has 0 atom stereocenters. The largest absolute Gasteiger partial charge is 0.479 e. The molecular formula is C23H18BrClN4O5. The van der Waals surface area contributed by atoms with Crippen molar-refractivity contribution in [1.29, 1.82) is 0 Å². The molecule has 4 rings (SSSR count). The lowest BCUT2D eigenvalue weighted by Crippen LogP contribution is -2.12. The number of nitrogens with zero attached hydrogens (tertiary/aromatic N) is 3. The van der Waals surface area contributed by atoms with Gasteiger partial charge in [0.1, 0.15) is 12.4 Å². The zero-order chi connectivity index (χ0) is 24.2. The van der Waals surface area contributed by atoms with Gasteiger partial charge in [0, 0.05) is 17.3 Å². The third-order valence-electron chi connectivity index (χ3n) is 4.77. The molecule has 2 heterocycles. The number of carbonyl (C=O) groups excluding carboxylic acids is 1. The lowest BCUT2D eigenvalue weighted by Gasteiger charge is -2.06. The number of furan rings is 1. The highest BCUT2D eigenvalue weighted by Gasteiger charge is 2.18. The molecule has 4 aromatic rings. The van der Waals surface area contributed by atoms with E-state index in [9.17, 15) is 14.9 Å². The lowest BCUT2D eigenvalue weighted by molar-refractivity contribution is -0.386. The molecule has 9 nitrogen and oxygen atoms in total. The summed E-state index contributed by atoms with van der Waals surface area (Å²) in [5, 5.41) is 19.0. The van der Waals surface area contributed by atoms with Crippen LogP contribution in [0.3, 0.4) is 0 Å². The fourth-order valence-corrected chi connectivity index (χ4v) is 3.67. The molecule has 11 heteroatoms. The van der Waals surface area contributed by atoms with E-state index in [1.54, 1.807) is 42.1 Å². The Hall–Kier alpha value is -3.63. The van der Waals surface area contributed by atoms with Gasteiger partial charge in [-0.05, 0) is 64.3 Å². The van der Waals surface area contributed by atoms with Crippen molar-refractivity contribution in [2.75, 3.05) is 5.32 Å². The van der Waals surface area contributed by atoms with Gasteiger partial charge in [-0.1, -0.05) is 29.8 Å². The number of aryl methyl sites for hydroxylation is 1. The highest BCUT2D eigenvalue weighted by atomic mass is 79.9. The van der Waals surface area contributed by atoms with Gasteiger partial charge >= 0.3 is 5.69 Å². The minimum atomic E-state index is -0.507.